The third-order valence-electron chi connectivity index (χ3n) is 3.97. The van der Waals surface area contributed by atoms with Crippen molar-refractivity contribution in [1.29, 1.82) is 0 Å². The molecule has 6 N–H and O–H groups in total. The van der Waals surface area contributed by atoms with Crippen LogP contribution in [0.4, 0.5) is 5.69 Å². The molecule has 0 radical (unpaired) electrons. The number of hydrogen-bond donors (Lipinski definition) is 6. The highest BCUT2D eigenvalue weighted by atomic mass is 35.5. The summed E-state index contributed by atoms with van der Waals surface area (Å²) in [7, 11) is 0. The number of aromatic amines is 1. The van der Waals surface area contributed by atoms with Gasteiger partial charge in [0.25, 0.3) is 5.69 Å². The van der Waals surface area contributed by atoms with Crippen molar-refractivity contribution in [1.82, 2.24) is 10.3 Å². The van der Waals surface area contributed by atoms with E-state index in [2.05, 4.69) is 22.9 Å². The van der Waals surface area contributed by atoms with Gasteiger partial charge in [0.05, 0.1) is 15.5 Å². The summed E-state index contributed by atoms with van der Waals surface area (Å²) in [6, 6.07) is 2.54. The Kier molecular flexibility index (Phi) is 11.0. The fourth-order valence-electron chi connectivity index (χ4n) is 2.33. The monoisotopic (exact) mass is 506 g/mol. The number of H-pyrrole nitrogens is 1. The van der Waals surface area contributed by atoms with Crippen LogP contribution < -0.4 is 11.1 Å². The number of carboxylic acid groups (broad SMARTS) is 2. The molecule has 2 aromatic rings. The third kappa shape index (κ3) is 8.04. The molecule has 2 atom stereocenters. The van der Waals surface area contributed by atoms with Gasteiger partial charge in [0.2, 0.25) is 5.91 Å². The van der Waals surface area contributed by atoms with Gasteiger partial charge in [-0.2, -0.15) is 12.6 Å². The number of nitrogens with one attached hydrogen (secondary N) is 2. The molecule has 32 heavy (non-hydrogen) atoms. The first-order valence-corrected chi connectivity index (χ1v) is 10.2. The van der Waals surface area contributed by atoms with Crippen LogP contribution in [0.5, 0.6) is 0 Å². The molecule has 0 spiro atoms. The first-order chi connectivity index (χ1) is 15.0. The number of carbonyl (C=O) groups excluding carboxylic acids is 1. The van der Waals surface area contributed by atoms with E-state index in [0.29, 0.717) is 16.1 Å². The lowest BCUT2D eigenvalue weighted by atomic mass is 10.1. The van der Waals surface area contributed by atoms with Crippen LogP contribution in [0.25, 0.3) is 11.1 Å². The molecule has 0 saturated carbocycles. The molecule has 1 aromatic heterocycles. The highest BCUT2D eigenvalue weighted by molar-refractivity contribution is 7.80. The number of aromatic nitrogens is 1. The van der Waals surface area contributed by atoms with Crippen LogP contribution in [-0.2, 0) is 14.4 Å². The summed E-state index contributed by atoms with van der Waals surface area (Å²) in [5.74, 6) is -2.98. The average Bonchev–Trinajstić information content (AvgIpc) is 3.15. The number of nitro benzene ring substituents is 1. The van der Waals surface area contributed by atoms with E-state index in [1.54, 1.807) is 24.5 Å². The zero-order valence-electron chi connectivity index (χ0n) is 16.3. The van der Waals surface area contributed by atoms with Gasteiger partial charge in [0.15, 0.2) is 0 Å². The van der Waals surface area contributed by atoms with Gasteiger partial charge < -0.3 is 26.2 Å². The molecule has 2 rings (SSSR count). The Morgan fingerprint density at radius 3 is 2.28 bits per heavy atom. The number of para-hydroxylation sites is 1. The Bertz CT molecular complexity index is 986. The minimum Gasteiger partial charge on any atom is -0.480 e. The van der Waals surface area contributed by atoms with Crippen LogP contribution in [0.1, 0.15) is 12.8 Å². The molecule has 174 valence electrons. The number of thiol groups is 1. The Labute approximate surface area is 197 Å². The number of rotatable bonds is 9. The molecule has 11 nitrogen and oxygen atoms in total. The molecule has 1 amide bonds. The highest BCUT2D eigenvalue weighted by Crippen LogP contribution is 2.38. The van der Waals surface area contributed by atoms with Gasteiger partial charge in [0.1, 0.15) is 17.1 Å². The number of nitro groups is 1. The molecule has 0 aliphatic rings. The van der Waals surface area contributed by atoms with Crippen LogP contribution in [0, 0.1) is 10.1 Å². The van der Waals surface area contributed by atoms with E-state index < -0.39 is 34.9 Å². The summed E-state index contributed by atoms with van der Waals surface area (Å²) < 4.78 is 0. The number of amides is 1. The normalized spacial score (nSPS) is 12.1. The van der Waals surface area contributed by atoms with E-state index in [0.717, 1.165) is 0 Å². The summed E-state index contributed by atoms with van der Waals surface area (Å²) in [6.45, 7) is 0. The zero-order chi connectivity index (χ0) is 24.4. The maximum absolute atomic E-state index is 11.2. The van der Waals surface area contributed by atoms with Crippen molar-refractivity contribution in [2.24, 2.45) is 5.73 Å². The van der Waals surface area contributed by atoms with E-state index in [1.165, 1.54) is 6.07 Å². The number of nitrogens with zero attached hydrogens (tertiary/aromatic N) is 1. The lowest BCUT2D eigenvalue weighted by Gasteiger charge is -2.12. The van der Waals surface area contributed by atoms with Crippen molar-refractivity contribution in [2.45, 2.75) is 24.9 Å². The van der Waals surface area contributed by atoms with E-state index in [9.17, 15) is 24.5 Å². The van der Waals surface area contributed by atoms with Crippen molar-refractivity contribution >= 4 is 59.4 Å². The van der Waals surface area contributed by atoms with Crippen LogP contribution in [0.15, 0.2) is 30.6 Å². The summed E-state index contributed by atoms with van der Waals surface area (Å²) >= 11 is 15.5. The molecular weight excluding hydrogens is 487 g/mol. The van der Waals surface area contributed by atoms with Crippen LogP contribution in [0.3, 0.4) is 0 Å². The van der Waals surface area contributed by atoms with Gasteiger partial charge in [-0.25, -0.2) is 4.79 Å². The molecule has 0 saturated heterocycles. The molecule has 0 aliphatic heterocycles. The standard InChI is InChI=1S/C10H6Cl2N2O2.C8H14N2O5S/c11-8-3-1-2-6(10(8)14(15)16)7-4-13-5-9(7)12;9-4(7(12)13)1-2-6(11)10-5(3-16)8(14)15/h1-5,13H;4-5,16H,1-3,9H2,(H,10,11)(H,12,13)(H,14,15). The minimum absolute atomic E-state index is 0.0357. The summed E-state index contributed by atoms with van der Waals surface area (Å²) in [5.41, 5.74) is 6.02. The zero-order valence-corrected chi connectivity index (χ0v) is 18.7. The van der Waals surface area contributed by atoms with Crippen molar-refractivity contribution in [3.63, 3.8) is 0 Å². The Morgan fingerprint density at radius 2 is 1.81 bits per heavy atom. The van der Waals surface area contributed by atoms with Crippen molar-refractivity contribution in [2.75, 3.05) is 5.75 Å². The second-order valence-corrected chi connectivity index (χ2v) is 7.41. The van der Waals surface area contributed by atoms with Gasteiger partial charge in [0, 0.05) is 30.1 Å². The van der Waals surface area contributed by atoms with Gasteiger partial charge in [-0.05, 0) is 18.6 Å². The van der Waals surface area contributed by atoms with Gasteiger partial charge in [-0.15, -0.1) is 0 Å². The molecule has 1 aromatic carbocycles. The van der Waals surface area contributed by atoms with Gasteiger partial charge in [-0.1, -0.05) is 29.3 Å². The van der Waals surface area contributed by atoms with E-state index in [1.807, 2.05) is 0 Å². The molecule has 14 heteroatoms. The molecule has 0 fully saturated rings. The van der Waals surface area contributed by atoms with E-state index >= 15 is 0 Å². The Hall–Kier alpha value is -2.80. The third-order valence-corrected chi connectivity index (χ3v) is 4.95. The lowest BCUT2D eigenvalue weighted by molar-refractivity contribution is -0.384. The van der Waals surface area contributed by atoms with Crippen LogP contribution >= 0.6 is 35.8 Å². The second kappa shape index (κ2) is 12.9. The van der Waals surface area contributed by atoms with Gasteiger partial charge >= 0.3 is 11.9 Å². The molecule has 0 aliphatic carbocycles. The molecular formula is C18H20Cl2N4O7S. The quantitative estimate of drug-likeness (QED) is 0.170. The predicted octanol–water partition coefficient (Wildman–Crippen LogP) is 2.57. The summed E-state index contributed by atoms with van der Waals surface area (Å²) in [6.07, 6.45) is 2.98. The predicted molar refractivity (Wildman–Crippen MR) is 121 cm³/mol. The highest BCUT2D eigenvalue weighted by Gasteiger charge is 2.21. The van der Waals surface area contributed by atoms with Crippen LogP contribution in [0.2, 0.25) is 10.0 Å². The van der Waals surface area contributed by atoms with Crippen molar-refractivity contribution in [3.8, 4) is 11.1 Å². The van der Waals surface area contributed by atoms with Gasteiger partial charge in [-0.3, -0.25) is 19.7 Å². The number of nitrogens with two attached hydrogens (primary N) is 1. The largest absolute Gasteiger partial charge is 0.480 e. The van der Waals surface area contributed by atoms with E-state index in [-0.39, 0.29) is 29.3 Å². The maximum Gasteiger partial charge on any atom is 0.327 e. The fraction of sp³-hybridized carbons (Fsp3) is 0.278. The molecule has 1 heterocycles. The first-order valence-electron chi connectivity index (χ1n) is 8.86. The number of carbonyl (C=O) groups is 3. The van der Waals surface area contributed by atoms with Crippen LogP contribution in [-0.4, -0.2) is 55.8 Å². The lowest BCUT2D eigenvalue weighted by Crippen LogP contribution is -2.42. The van der Waals surface area contributed by atoms with Crippen molar-refractivity contribution in [3.05, 3.63) is 50.8 Å². The second-order valence-electron chi connectivity index (χ2n) is 6.23. The number of hydrogen-bond acceptors (Lipinski definition) is 7. The Balaban J connectivity index is 0.000000320. The topological polar surface area (TPSA) is 189 Å². The summed E-state index contributed by atoms with van der Waals surface area (Å²) in [5, 5.41) is 30.7. The van der Waals surface area contributed by atoms with Crippen molar-refractivity contribution < 1.29 is 29.5 Å². The maximum atomic E-state index is 11.2. The molecule has 0 bridgehead atoms. The smallest absolute Gasteiger partial charge is 0.327 e. The number of halogens is 2. The fourth-order valence-corrected chi connectivity index (χ4v) is 3.04. The first kappa shape index (κ1) is 27.2. The average molecular weight is 507 g/mol. The minimum atomic E-state index is -1.20. The number of carboxylic acids is 2. The number of aliphatic carboxylic acids is 2. The molecule has 2 unspecified atom stereocenters. The SMILES string of the molecule is NC(CCC(=O)NC(CS)C(=O)O)C(=O)O.O=[N+]([O-])c1c(Cl)cccc1-c1c[nH]cc1Cl. The Morgan fingerprint density at radius 1 is 1.16 bits per heavy atom. The van der Waals surface area contributed by atoms with E-state index in [4.69, 9.17) is 39.1 Å². The summed E-state index contributed by atoms with van der Waals surface area (Å²) in [4.78, 5) is 45.2. The number of benzene rings is 1.